The van der Waals surface area contributed by atoms with E-state index in [4.69, 9.17) is 9.47 Å². The van der Waals surface area contributed by atoms with E-state index < -0.39 is 0 Å². The second kappa shape index (κ2) is 9.18. The van der Waals surface area contributed by atoms with E-state index in [0.29, 0.717) is 19.3 Å². The molecule has 2 aromatic rings. The Labute approximate surface area is 184 Å². The first-order valence-electron chi connectivity index (χ1n) is 11.5. The molecule has 0 aliphatic carbocycles. The molecule has 31 heavy (non-hydrogen) atoms. The van der Waals surface area contributed by atoms with E-state index in [1.807, 2.05) is 11.0 Å². The van der Waals surface area contributed by atoms with Gasteiger partial charge in [0.15, 0.2) is 11.5 Å². The lowest BCUT2D eigenvalue weighted by Gasteiger charge is -2.34. The summed E-state index contributed by atoms with van der Waals surface area (Å²) in [5, 5.41) is 3.69. The van der Waals surface area contributed by atoms with E-state index in [0.717, 1.165) is 75.5 Å². The minimum Gasteiger partial charge on any atom is -0.454 e. The summed E-state index contributed by atoms with van der Waals surface area (Å²) >= 11 is 0. The molecule has 6 nitrogen and oxygen atoms in total. The maximum Gasteiger partial charge on any atom is 0.231 e. The fraction of sp³-hybridized carbons (Fsp3) is 0.480. The number of carbonyl (C=O) groups excluding carboxylic acids is 1. The van der Waals surface area contributed by atoms with Crippen molar-refractivity contribution >= 4 is 11.6 Å². The highest BCUT2D eigenvalue weighted by atomic mass is 16.7. The Bertz CT molecular complexity index is 901. The zero-order valence-electron chi connectivity index (χ0n) is 18.0. The van der Waals surface area contributed by atoms with Crippen molar-refractivity contribution in [2.24, 2.45) is 0 Å². The standard InChI is InChI=1S/C25H31N3O3/c29-25(28-11-1-2-12-28)16-19-3-6-22(7-4-19)27-13-9-21(10-14-27)26-17-20-5-8-23-24(15-20)31-18-30-23/h3-8,15,21,26H,1-2,9-14,16-18H2. The summed E-state index contributed by atoms with van der Waals surface area (Å²) in [6.45, 7) is 5.11. The topological polar surface area (TPSA) is 54.0 Å². The van der Waals surface area contributed by atoms with E-state index in [2.05, 4.69) is 46.6 Å². The fourth-order valence-electron chi connectivity index (χ4n) is 4.73. The molecular formula is C25H31N3O3. The first-order valence-corrected chi connectivity index (χ1v) is 11.5. The van der Waals surface area contributed by atoms with Crippen molar-refractivity contribution in [3.8, 4) is 11.5 Å². The summed E-state index contributed by atoms with van der Waals surface area (Å²) in [6.07, 6.45) is 5.06. The Hall–Kier alpha value is -2.73. The second-order valence-electron chi connectivity index (χ2n) is 8.76. The first kappa shape index (κ1) is 20.2. The van der Waals surface area contributed by atoms with Crippen LogP contribution in [0.4, 0.5) is 5.69 Å². The van der Waals surface area contributed by atoms with Crippen molar-refractivity contribution < 1.29 is 14.3 Å². The van der Waals surface area contributed by atoms with Crippen molar-refractivity contribution in [3.05, 3.63) is 53.6 Å². The summed E-state index contributed by atoms with van der Waals surface area (Å²) in [4.78, 5) is 16.8. The summed E-state index contributed by atoms with van der Waals surface area (Å²) in [5.41, 5.74) is 3.60. The van der Waals surface area contributed by atoms with Crippen LogP contribution in [0.2, 0.25) is 0 Å². The number of hydrogen-bond donors (Lipinski definition) is 1. The van der Waals surface area contributed by atoms with Crippen LogP contribution in [0.5, 0.6) is 11.5 Å². The molecule has 0 saturated carbocycles. The highest BCUT2D eigenvalue weighted by molar-refractivity contribution is 5.79. The number of hydrogen-bond acceptors (Lipinski definition) is 5. The average molecular weight is 422 g/mol. The molecule has 0 radical (unpaired) electrons. The Balaban J connectivity index is 1.08. The quantitative estimate of drug-likeness (QED) is 0.775. The van der Waals surface area contributed by atoms with Gasteiger partial charge in [-0.05, 0) is 61.1 Å². The summed E-state index contributed by atoms with van der Waals surface area (Å²) < 4.78 is 10.9. The van der Waals surface area contributed by atoms with Gasteiger partial charge in [0.2, 0.25) is 12.7 Å². The molecule has 0 atom stereocenters. The van der Waals surface area contributed by atoms with Crippen LogP contribution in [0.15, 0.2) is 42.5 Å². The second-order valence-corrected chi connectivity index (χ2v) is 8.76. The van der Waals surface area contributed by atoms with E-state index in [-0.39, 0.29) is 5.91 Å². The highest BCUT2D eigenvalue weighted by Gasteiger charge is 2.21. The van der Waals surface area contributed by atoms with Gasteiger partial charge in [0.1, 0.15) is 0 Å². The SMILES string of the molecule is O=C(Cc1ccc(N2CCC(NCc3ccc4c(c3)OCO4)CC2)cc1)N1CCCC1. The van der Waals surface area contributed by atoms with Gasteiger partial charge in [-0.2, -0.15) is 0 Å². The van der Waals surface area contributed by atoms with E-state index in [1.54, 1.807) is 0 Å². The molecule has 2 saturated heterocycles. The zero-order chi connectivity index (χ0) is 21.0. The number of rotatable bonds is 6. The third kappa shape index (κ3) is 4.79. The third-order valence-electron chi connectivity index (χ3n) is 6.64. The summed E-state index contributed by atoms with van der Waals surface area (Å²) in [6, 6.07) is 15.3. The van der Waals surface area contributed by atoms with Gasteiger partial charge in [0.25, 0.3) is 0 Å². The predicted molar refractivity (Wildman–Crippen MR) is 121 cm³/mol. The zero-order valence-corrected chi connectivity index (χ0v) is 18.0. The lowest BCUT2D eigenvalue weighted by atomic mass is 10.0. The van der Waals surface area contributed by atoms with Crippen LogP contribution in [0.1, 0.15) is 36.8 Å². The number of nitrogens with zero attached hydrogens (tertiary/aromatic N) is 2. The molecule has 0 bridgehead atoms. The number of likely N-dealkylation sites (tertiary alicyclic amines) is 1. The normalized spacial score (nSPS) is 18.6. The van der Waals surface area contributed by atoms with Gasteiger partial charge in [0, 0.05) is 44.5 Å². The maximum absolute atomic E-state index is 12.4. The number of anilines is 1. The molecule has 164 valence electrons. The molecule has 3 aliphatic rings. The van der Waals surface area contributed by atoms with Crippen molar-refractivity contribution in [1.29, 1.82) is 0 Å². The molecule has 3 aliphatic heterocycles. The Kier molecular flexibility index (Phi) is 5.98. The third-order valence-corrected chi connectivity index (χ3v) is 6.64. The van der Waals surface area contributed by atoms with E-state index in [1.165, 1.54) is 11.3 Å². The Morgan fingerprint density at radius 2 is 1.61 bits per heavy atom. The van der Waals surface area contributed by atoms with Crippen LogP contribution in [0.3, 0.4) is 0 Å². The first-order chi connectivity index (χ1) is 15.2. The monoisotopic (exact) mass is 421 g/mol. The van der Waals surface area contributed by atoms with Crippen LogP contribution < -0.4 is 19.7 Å². The van der Waals surface area contributed by atoms with E-state index >= 15 is 0 Å². The number of fused-ring (bicyclic) bond motifs is 1. The Morgan fingerprint density at radius 3 is 2.39 bits per heavy atom. The van der Waals surface area contributed by atoms with Crippen LogP contribution >= 0.6 is 0 Å². The molecule has 2 fully saturated rings. The van der Waals surface area contributed by atoms with Gasteiger partial charge < -0.3 is 24.6 Å². The predicted octanol–water partition coefficient (Wildman–Crippen LogP) is 3.34. The molecule has 3 heterocycles. The van der Waals surface area contributed by atoms with Crippen molar-refractivity contribution in [2.75, 3.05) is 37.9 Å². The molecule has 0 unspecified atom stereocenters. The lowest BCUT2D eigenvalue weighted by molar-refractivity contribution is -0.129. The van der Waals surface area contributed by atoms with Gasteiger partial charge >= 0.3 is 0 Å². The van der Waals surface area contributed by atoms with Crippen molar-refractivity contribution in [2.45, 2.75) is 44.7 Å². The number of benzene rings is 2. The Morgan fingerprint density at radius 1 is 0.903 bits per heavy atom. The minimum atomic E-state index is 0.264. The van der Waals surface area contributed by atoms with Crippen LogP contribution in [-0.2, 0) is 17.8 Å². The fourth-order valence-corrected chi connectivity index (χ4v) is 4.73. The number of amides is 1. The number of piperidine rings is 1. The minimum absolute atomic E-state index is 0.264. The van der Waals surface area contributed by atoms with Gasteiger partial charge in [-0.1, -0.05) is 18.2 Å². The number of nitrogens with one attached hydrogen (secondary N) is 1. The molecule has 0 spiro atoms. The molecule has 0 aromatic heterocycles. The van der Waals surface area contributed by atoms with E-state index in [9.17, 15) is 4.79 Å². The average Bonchev–Trinajstić information content (AvgIpc) is 3.50. The largest absolute Gasteiger partial charge is 0.454 e. The van der Waals surface area contributed by atoms with Crippen LogP contribution in [0.25, 0.3) is 0 Å². The smallest absolute Gasteiger partial charge is 0.231 e. The molecule has 6 heteroatoms. The number of ether oxygens (including phenoxy) is 2. The molecule has 2 aromatic carbocycles. The highest BCUT2D eigenvalue weighted by Crippen LogP contribution is 2.32. The van der Waals surface area contributed by atoms with Gasteiger partial charge in [-0.15, -0.1) is 0 Å². The molecule has 5 rings (SSSR count). The molecular weight excluding hydrogens is 390 g/mol. The summed E-state index contributed by atoms with van der Waals surface area (Å²) in [5.74, 6) is 1.95. The molecule has 1 N–H and O–H groups in total. The van der Waals surface area contributed by atoms with Crippen LogP contribution in [0, 0.1) is 0 Å². The van der Waals surface area contributed by atoms with Crippen molar-refractivity contribution in [3.63, 3.8) is 0 Å². The number of carbonyl (C=O) groups is 1. The van der Waals surface area contributed by atoms with Crippen LogP contribution in [-0.4, -0.2) is 49.8 Å². The molecule has 1 amide bonds. The maximum atomic E-state index is 12.4. The van der Waals surface area contributed by atoms with Gasteiger partial charge in [0.05, 0.1) is 6.42 Å². The summed E-state index contributed by atoms with van der Waals surface area (Å²) in [7, 11) is 0. The van der Waals surface area contributed by atoms with Gasteiger partial charge in [-0.3, -0.25) is 4.79 Å². The van der Waals surface area contributed by atoms with Gasteiger partial charge in [-0.25, -0.2) is 0 Å². The van der Waals surface area contributed by atoms with Crippen molar-refractivity contribution in [1.82, 2.24) is 10.2 Å². The lowest BCUT2D eigenvalue weighted by Crippen LogP contribution is -2.42.